The Morgan fingerprint density at radius 1 is 1.21 bits per heavy atom. The van der Waals surface area contributed by atoms with Crippen molar-refractivity contribution in [1.82, 2.24) is 10.2 Å². The normalized spacial score (nSPS) is 16.5. The molecule has 1 heterocycles. The molecule has 0 bridgehead atoms. The molecule has 1 atom stereocenters. The quantitative estimate of drug-likeness (QED) is 0.532. The van der Waals surface area contributed by atoms with Gasteiger partial charge in [-0.1, -0.05) is 35.9 Å². The van der Waals surface area contributed by atoms with Crippen molar-refractivity contribution in [1.29, 1.82) is 0 Å². The number of aromatic hydroxyl groups is 2. The third-order valence-corrected chi connectivity index (χ3v) is 5.29. The lowest BCUT2D eigenvalue weighted by molar-refractivity contribution is 0.0732. The molecule has 7 heteroatoms. The molecule has 1 amide bonds. The zero-order chi connectivity index (χ0) is 20.1. The molecule has 0 spiro atoms. The number of aliphatic hydroxyl groups excluding tert-OH is 1. The largest absolute Gasteiger partial charge is 0.507 e. The molecule has 28 heavy (non-hydrogen) atoms. The van der Waals surface area contributed by atoms with Crippen LogP contribution in [0.15, 0.2) is 36.4 Å². The molecular formula is C21H25ClN2O4. The molecule has 0 radical (unpaired) electrons. The van der Waals surface area contributed by atoms with Gasteiger partial charge in [-0.15, -0.1) is 0 Å². The Labute approximate surface area is 169 Å². The highest BCUT2D eigenvalue weighted by Gasteiger charge is 2.32. The summed E-state index contributed by atoms with van der Waals surface area (Å²) in [6, 6.07) is 10.4. The molecule has 2 aromatic carbocycles. The van der Waals surface area contributed by atoms with E-state index in [1.165, 1.54) is 6.07 Å². The summed E-state index contributed by atoms with van der Waals surface area (Å²) >= 11 is 5.93. The summed E-state index contributed by atoms with van der Waals surface area (Å²) in [5.74, 6) is -0.831. The molecule has 6 nitrogen and oxygen atoms in total. The van der Waals surface area contributed by atoms with E-state index in [9.17, 15) is 15.0 Å². The lowest BCUT2D eigenvalue weighted by Gasteiger charge is -2.26. The second kappa shape index (κ2) is 9.28. The number of hydrogen-bond acceptors (Lipinski definition) is 5. The standard InChI is InChI=1S/C21H25ClN2O4/c22-17-11-16(19(26)12-20(17)27)21(28)24-8-2-6-18(24)15-5-1-4-14(10-15)13-23-7-3-9-25/h1,4-5,10-12,18,23,25-27H,2-3,6-9,13H2. The molecule has 1 aliphatic rings. The van der Waals surface area contributed by atoms with Crippen LogP contribution in [0.1, 0.15) is 46.8 Å². The van der Waals surface area contributed by atoms with Crippen molar-refractivity contribution in [2.45, 2.75) is 31.8 Å². The number of amides is 1. The van der Waals surface area contributed by atoms with Crippen LogP contribution in [-0.2, 0) is 6.54 Å². The molecule has 1 aliphatic heterocycles. The molecule has 0 aromatic heterocycles. The van der Waals surface area contributed by atoms with Crippen LogP contribution in [0.2, 0.25) is 5.02 Å². The number of aliphatic hydroxyl groups is 1. The van der Waals surface area contributed by atoms with Gasteiger partial charge >= 0.3 is 0 Å². The van der Waals surface area contributed by atoms with Crippen molar-refractivity contribution in [2.75, 3.05) is 19.7 Å². The minimum absolute atomic E-state index is 0.0350. The molecule has 2 aromatic rings. The van der Waals surface area contributed by atoms with Crippen molar-refractivity contribution in [2.24, 2.45) is 0 Å². The second-order valence-corrected chi connectivity index (χ2v) is 7.38. The van der Waals surface area contributed by atoms with Gasteiger partial charge in [-0.3, -0.25) is 4.79 Å². The van der Waals surface area contributed by atoms with Crippen LogP contribution in [-0.4, -0.2) is 45.8 Å². The average molecular weight is 405 g/mol. The van der Waals surface area contributed by atoms with Gasteiger partial charge in [0.15, 0.2) is 0 Å². The Kier molecular flexibility index (Phi) is 6.78. The van der Waals surface area contributed by atoms with Crippen molar-refractivity contribution in [3.05, 3.63) is 58.1 Å². The maximum atomic E-state index is 13.0. The smallest absolute Gasteiger partial charge is 0.258 e. The Hall–Kier alpha value is -2.28. The lowest BCUT2D eigenvalue weighted by Crippen LogP contribution is -2.30. The van der Waals surface area contributed by atoms with E-state index in [0.717, 1.165) is 36.6 Å². The zero-order valence-corrected chi connectivity index (χ0v) is 16.3. The fraction of sp³-hybridized carbons (Fsp3) is 0.381. The van der Waals surface area contributed by atoms with Crippen molar-refractivity contribution >= 4 is 17.5 Å². The van der Waals surface area contributed by atoms with Crippen LogP contribution < -0.4 is 5.32 Å². The second-order valence-electron chi connectivity index (χ2n) is 6.98. The molecule has 0 aliphatic carbocycles. The third kappa shape index (κ3) is 4.58. The Balaban J connectivity index is 1.78. The van der Waals surface area contributed by atoms with Crippen LogP contribution in [0, 0.1) is 0 Å². The summed E-state index contributed by atoms with van der Waals surface area (Å²) in [6.07, 6.45) is 2.44. The number of phenolic OH excluding ortho intramolecular Hbond substituents is 2. The topological polar surface area (TPSA) is 93.0 Å². The van der Waals surface area contributed by atoms with E-state index in [1.807, 2.05) is 18.2 Å². The molecule has 1 saturated heterocycles. The number of rotatable bonds is 7. The van der Waals surface area contributed by atoms with E-state index < -0.39 is 0 Å². The van der Waals surface area contributed by atoms with Crippen molar-refractivity contribution in [3.63, 3.8) is 0 Å². The Morgan fingerprint density at radius 3 is 2.82 bits per heavy atom. The number of halogens is 1. The Morgan fingerprint density at radius 2 is 2.04 bits per heavy atom. The molecule has 150 valence electrons. The van der Waals surface area contributed by atoms with E-state index in [2.05, 4.69) is 11.4 Å². The van der Waals surface area contributed by atoms with Gasteiger partial charge < -0.3 is 25.5 Å². The molecular weight excluding hydrogens is 380 g/mol. The first-order valence-corrected chi connectivity index (χ1v) is 9.82. The lowest BCUT2D eigenvalue weighted by atomic mass is 10.0. The van der Waals surface area contributed by atoms with Gasteiger partial charge in [0, 0.05) is 25.8 Å². The number of nitrogens with one attached hydrogen (secondary N) is 1. The predicted molar refractivity (Wildman–Crippen MR) is 108 cm³/mol. The van der Waals surface area contributed by atoms with Gasteiger partial charge in [0.05, 0.1) is 16.6 Å². The SMILES string of the molecule is O=C(c1cc(Cl)c(O)cc1O)N1CCCC1c1cccc(CNCCCO)c1. The maximum absolute atomic E-state index is 13.0. The van der Waals surface area contributed by atoms with E-state index in [4.69, 9.17) is 16.7 Å². The summed E-state index contributed by atoms with van der Waals surface area (Å²) in [4.78, 5) is 14.8. The first kappa shape index (κ1) is 20.5. The van der Waals surface area contributed by atoms with Crippen LogP contribution >= 0.6 is 11.6 Å². The van der Waals surface area contributed by atoms with Crippen molar-refractivity contribution < 1.29 is 20.1 Å². The number of hydrogen-bond donors (Lipinski definition) is 4. The van der Waals surface area contributed by atoms with Crippen LogP contribution in [0.25, 0.3) is 0 Å². The van der Waals surface area contributed by atoms with Crippen molar-refractivity contribution in [3.8, 4) is 11.5 Å². The number of phenols is 2. The number of carbonyl (C=O) groups is 1. The van der Waals surface area contributed by atoms with Gasteiger partial charge in [-0.05, 0) is 43.0 Å². The number of carbonyl (C=O) groups excluding carboxylic acids is 1. The Bertz CT molecular complexity index is 843. The summed E-state index contributed by atoms with van der Waals surface area (Å²) in [5, 5.41) is 31.9. The van der Waals surface area contributed by atoms with E-state index in [0.29, 0.717) is 19.5 Å². The highest BCUT2D eigenvalue weighted by atomic mass is 35.5. The minimum atomic E-state index is -0.298. The van der Waals surface area contributed by atoms with E-state index >= 15 is 0 Å². The van der Waals surface area contributed by atoms with E-state index in [-0.39, 0.29) is 40.6 Å². The number of benzene rings is 2. The predicted octanol–water partition coefficient (Wildman–Crippen LogP) is 3.20. The molecule has 1 fully saturated rings. The van der Waals surface area contributed by atoms with Gasteiger partial charge in [-0.2, -0.15) is 0 Å². The maximum Gasteiger partial charge on any atom is 0.258 e. The van der Waals surface area contributed by atoms with Crippen LogP contribution in [0.3, 0.4) is 0 Å². The minimum Gasteiger partial charge on any atom is -0.507 e. The number of nitrogens with zero attached hydrogens (tertiary/aromatic N) is 1. The summed E-state index contributed by atoms with van der Waals surface area (Å²) in [5.41, 5.74) is 2.26. The highest BCUT2D eigenvalue weighted by Crippen LogP contribution is 2.37. The molecule has 0 saturated carbocycles. The van der Waals surface area contributed by atoms with Gasteiger partial charge in [0.25, 0.3) is 5.91 Å². The fourth-order valence-corrected chi connectivity index (χ4v) is 3.74. The van der Waals surface area contributed by atoms with Crippen LogP contribution in [0.5, 0.6) is 11.5 Å². The van der Waals surface area contributed by atoms with Crippen LogP contribution in [0.4, 0.5) is 0 Å². The monoisotopic (exact) mass is 404 g/mol. The number of likely N-dealkylation sites (tertiary alicyclic amines) is 1. The summed E-state index contributed by atoms with van der Waals surface area (Å²) in [6.45, 7) is 2.21. The third-order valence-electron chi connectivity index (χ3n) is 4.99. The first-order valence-electron chi connectivity index (χ1n) is 9.44. The molecule has 3 rings (SSSR count). The van der Waals surface area contributed by atoms with Gasteiger partial charge in [-0.25, -0.2) is 0 Å². The summed E-state index contributed by atoms with van der Waals surface area (Å²) in [7, 11) is 0. The average Bonchev–Trinajstić information content (AvgIpc) is 3.18. The van der Waals surface area contributed by atoms with Gasteiger partial charge in [0.1, 0.15) is 11.5 Å². The molecule has 1 unspecified atom stereocenters. The highest BCUT2D eigenvalue weighted by molar-refractivity contribution is 6.32. The fourth-order valence-electron chi connectivity index (χ4n) is 3.58. The molecule has 4 N–H and O–H groups in total. The van der Waals surface area contributed by atoms with E-state index in [1.54, 1.807) is 4.90 Å². The van der Waals surface area contributed by atoms with Gasteiger partial charge in [0.2, 0.25) is 0 Å². The first-order chi connectivity index (χ1) is 13.5. The summed E-state index contributed by atoms with van der Waals surface area (Å²) < 4.78 is 0. The zero-order valence-electron chi connectivity index (χ0n) is 15.6.